The summed E-state index contributed by atoms with van der Waals surface area (Å²) in [6, 6.07) is 7.79. The maximum atomic E-state index is 14.6. The summed E-state index contributed by atoms with van der Waals surface area (Å²) < 4.78 is 25.7. The molecule has 1 aromatic heterocycles. The van der Waals surface area contributed by atoms with Crippen LogP contribution in [0.5, 0.6) is 5.75 Å². The number of nitrogens with zero attached hydrogens (tertiary/aromatic N) is 1. The van der Waals surface area contributed by atoms with Gasteiger partial charge in [-0.2, -0.15) is 0 Å². The van der Waals surface area contributed by atoms with Crippen LogP contribution in [0.1, 0.15) is 30.5 Å². The molecule has 0 unspecified atom stereocenters. The molecule has 4 rings (SSSR count). The van der Waals surface area contributed by atoms with Crippen LogP contribution in [-0.2, 0) is 4.74 Å². The van der Waals surface area contributed by atoms with Gasteiger partial charge in [0, 0.05) is 23.6 Å². The Labute approximate surface area is 128 Å². The minimum Gasteiger partial charge on any atom is -0.496 e. The second kappa shape index (κ2) is 5.06. The Morgan fingerprint density at radius 1 is 1.27 bits per heavy atom. The van der Waals surface area contributed by atoms with Crippen molar-refractivity contribution < 1.29 is 13.9 Å². The van der Waals surface area contributed by atoms with Gasteiger partial charge in [-0.25, -0.2) is 4.39 Å². The zero-order valence-corrected chi connectivity index (χ0v) is 12.7. The molecule has 2 atom stereocenters. The van der Waals surface area contributed by atoms with Crippen LogP contribution in [0.15, 0.2) is 30.1 Å². The molecule has 0 N–H and O–H groups in total. The van der Waals surface area contributed by atoms with E-state index < -0.39 is 0 Å². The molecule has 1 aromatic carbocycles. The Balaban J connectivity index is 1.86. The van der Waals surface area contributed by atoms with E-state index in [2.05, 4.69) is 4.98 Å². The van der Waals surface area contributed by atoms with Crippen LogP contribution < -0.4 is 4.74 Å². The van der Waals surface area contributed by atoms with Crippen LogP contribution >= 0.6 is 0 Å². The number of methoxy groups -OCH3 is 1. The maximum Gasteiger partial charge on any atom is 0.133 e. The summed E-state index contributed by atoms with van der Waals surface area (Å²) in [6.07, 6.45) is 2.20. The summed E-state index contributed by atoms with van der Waals surface area (Å²) in [4.78, 5) is 4.52. The second-order valence-electron chi connectivity index (χ2n) is 6.05. The van der Waals surface area contributed by atoms with E-state index in [4.69, 9.17) is 9.47 Å². The van der Waals surface area contributed by atoms with Gasteiger partial charge in [-0.3, -0.25) is 4.98 Å². The number of ether oxygens (including phenoxy) is 2. The first-order valence-corrected chi connectivity index (χ1v) is 7.65. The van der Waals surface area contributed by atoms with E-state index in [1.165, 1.54) is 0 Å². The van der Waals surface area contributed by atoms with E-state index in [1.807, 2.05) is 31.2 Å². The van der Waals surface area contributed by atoms with Gasteiger partial charge in [0.1, 0.15) is 17.7 Å². The van der Waals surface area contributed by atoms with Crippen molar-refractivity contribution in [2.45, 2.75) is 38.4 Å². The third-order valence-corrected chi connectivity index (χ3v) is 4.58. The number of aromatic nitrogens is 1. The van der Waals surface area contributed by atoms with Crippen molar-refractivity contribution in [1.29, 1.82) is 0 Å². The number of fused-ring (bicyclic) bond motifs is 3. The van der Waals surface area contributed by atoms with Gasteiger partial charge in [0.05, 0.1) is 18.7 Å². The molecular weight excluding hydrogens is 281 g/mol. The Bertz CT molecular complexity index is 784. The zero-order chi connectivity index (χ0) is 15.3. The van der Waals surface area contributed by atoms with Crippen molar-refractivity contribution in [1.82, 2.24) is 4.98 Å². The van der Waals surface area contributed by atoms with Gasteiger partial charge in [0.15, 0.2) is 0 Å². The van der Waals surface area contributed by atoms with Crippen molar-refractivity contribution in [2.75, 3.05) is 7.11 Å². The molecule has 4 heteroatoms. The Hall–Kier alpha value is -1.94. The highest BCUT2D eigenvalue weighted by Gasteiger charge is 2.36. The van der Waals surface area contributed by atoms with E-state index in [0.29, 0.717) is 6.42 Å². The quantitative estimate of drug-likeness (QED) is 0.833. The highest BCUT2D eigenvalue weighted by molar-refractivity contribution is 5.89. The van der Waals surface area contributed by atoms with Gasteiger partial charge in [0.2, 0.25) is 0 Å². The lowest BCUT2D eigenvalue weighted by Gasteiger charge is -2.23. The first-order chi connectivity index (χ1) is 10.7. The summed E-state index contributed by atoms with van der Waals surface area (Å²) in [6.45, 7) is 1.94. The summed E-state index contributed by atoms with van der Waals surface area (Å²) in [7, 11) is 1.65. The molecule has 0 spiro atoms. The fourth-order valence-corrected chi connectivity index (χ4v) is 3.49. The van der Waals surface area contributed by atoms with Crippen LogP contribution in [0.2, 0.25) is 0 Å². The second-order valence-corrected chi connectivity index (χ2v) is 6.05. The third-order valence-electron chi connectivity index (χ3n) is 4.58. The van der Waals surface area contributed by atoms with Crippen molar-refractivity contribution >= 4 is 16.5 Å². The molecule has 0 amide bonds. The van der Waals surface area contributed by atoms with E-state index in [9.17, 15) is 4.39 Å². The number of hydrogen-bond acceptors (Lipinski definition) is 3. The molecule has 114 valence electrons. The van der Waals surface area contributed by atoms with Gasteiger partial charge in [0.25, 0.3) is 0 Å². The van der Waals surface area contributed by atoms with Crippen molar-refractivity contribution in [3.05, 3.63) is 41.3 Å². The fourth-order valence-electron chi connectivity index (χ4n) is 3.49. The summed E-state index contributed by atoms with van der Waals surface area (Å²) in [5.41, 5.74) is 3.47. The number of halogens is 1. The van der Waals surface area contributed by atoms with Gasteiger partial charge in [-0.15, -0.1) is 0 Å². The van der Waals surface area contributed by atoms with E-state index in [-0.39, 0.29) is 18.0 Å². The predicted molar refractivity (Wildman–Crippen MR) is 83.6 cm³/mol. The van der Waals surface area contributed by atoms with E-state index >= 15 is 0 Å². The SMILES string of the molecule is COc1cc(C)nc2ccc(C3=C(F)[C@@H]4CC[C@H](C3)O4)cc12. The zero-order valence-electron chi connectivity index (χ0n) is 12.7. The lowest BCUT2D eigenvalue weighted by Crippen LogP contribution is -2.19. The molecule has 1 saturated heterocycles. The summed E-state index contributed by atoms with van der Waals surface area (Å²) >= 11 is 0. The largest absolute Gasteiger partial charge is 0.496 e. The van der Waals surface area contributed by atoms with Gasteiger partial charge >= 0.3 is 0 Å². The molecule has 3 heterocycles. The molecule has 2 aliphatic heterocycles. The van der Waals surface area contributed by atoms with Gasteiger partial charge in [-0.05, 0) is 43.0 Å². The van der Waals surface area contributed by atoms with Crippen molar-refractivity contribution in [3.63, 3.8) is 0 Å². The molecule has 3 nitrogen and oxygen atoms in total. The van der Waals surface area contributed by atoms with E-state index in [0.717, 1.165) is 46.3 Å². The topological polar surface area (TPSA) is 31.4 Å². The highest BCUT2D eigenvalue weighted by atomic mass is 19.1. The van der Waals surface area contributed by atoms with E-state index in [1.54, 1.807) is 7.11 Å². The number of aryl methyl sites for hydroxylation is 1. The van der Waals surface area contributed by atoms with Crippen LogP contribution in [-0.4, -0.2) is 24.3 Å². The first kappa shape index (κ1) is 13.7. The Kier molecular flexibility index (Phi) is 3.15. The molecule has 2 bridgehead atoms. The van der Waals surface area contributed by atoms with Crippen LogP contribution in [0, 0.1) is 6.92 Å². The van der Waals surface area contributed by atoms with Crippen LogP contribution in [0.3, 0.4) is 0 Å². The molecule has 2 aromatic rings. The molecule has 2 aliphatic rings. The van der Waals surface area contributed by atoms with Crippen molar-refractivity contribution in [2.24, 2.45) is 0 Å². The average molecular weight is 299 g/mol. The minimum atomic E-state index is -0.345. The number of rotatable bonds is 2. The molecule has 22 heavy (non-hydrogen) atoms. The molecule has 0 saturated carbocycles. The van der Waals surface area contributed by atoms with Crippen LogP contribution in [0.25, 0.3) is 16.5 Å². The summed E-state index contributed by atoms with van der Waals surface area (Å²) in [5.74, 6) is 0.674. The standard InChI is InChI=1S/C18H18FNO2/c1-10-7-17(21-2)14-8-11(3-5-15(14)20-10)13-9-12-4-6-16(22-12)18(13)19/h3,5,7-8,12,16H,4,6,9H2,1-2H3/t12-,16+/m1/s1. The monoisotopic (exact) mass is 299 g/mol. The Morgan fingerprint density at radius 3 is 2.95 bits per heavy atom. The van der Waals surface area contributed by atoms with Gasteiger partial charge < -0.3 is 9.47 Å². The lowest BCUT2D eigenvalue weighted by molar-refractivity contribution is 0.0463. The molecule has 0 aliphatic carbocycles. The van der Waals surface area contributed by atoms with Crippen LogP contribution in [0.4, 0.5) is 4.39 Å². The average Bonchev–Trinajstić information content (AvgIpc) is 2.93. The first-order valence-electron chi connectivity index (χ1n) is 7.65. The molecular formula is C18H18FNO2. The molecule has 0 radical (unpaired) electrons. The number of pyridine rings is 1. The normalized spacial score (nSPS) is 24.1. The van der Waals surface area contributed by atoms with Gasteiger partial charge in [-0.1, -0.05) is 6.07 Å². The molecule has 1 fully saturated rings. The Morgan fingerprint density at radius 2 is 2.14 bits per heavy atom. The minimum absolute atomic E-state index is 0.105. The smallest absolute Gasteiger partial charge is 0.133 e. The summed E-state index contributed by atoms with van der Waals surface area (Å²) in [5, 5.41) is 0.921. The number of hydrogen-bond donors (Lipinski definition) is 0. The fraction of sp³-hybridized carbons (Fsp3) is 0.389. The third kappa shape index (κ3) is 2.10. The van der Waals surface area contributed by atoms with Crippen molar-refractivity contribution in [3.8, 4) is 5.75 Å². The lowest BCUT2D eigenvalue weighted by atomic mass is 9.96. The number of benzene rings is 1. The predicted octanol–water partition coefficient (Wildman–Crippen LogP) is 4.18. The maximum absolute atomic E-state index is 14.6. The highest BCUT2D eigenvalue weighted by Crippen LogP contribution is 2.42.